The average Bonchev–Trinajstić information content (AvgIpc) is 3.43. The Morgan fingerprint density at radius 2 is 2.17 bits per heavy atom. The number of likely N-dealkylation sites (N-methyl/N-ethyl adjacent to an activating group) is 1. The van der Waals surface area contributed by atoms with Gasteiger partial charge in [0.1, 0.15) is 11.6 Å². The molecule has 1 aromatic rings. The molecule has 0 bridgehead atoms. The molecule has 1 spiro atoms. The van der Waals surface area contributed by atoms with Crippen molar-refractivity contribution in [2.45, 2.75) is 85.5 Å². The number of fused-ring (bicyclic) bond motifs is 2. The standard InChI is InChI=1S/C32H44N6O3S/c1-4-29(39)38-17-16-37(20-23(38)11-14-33)30-26-10-13-32(12-9-22-7-8-25(40-3)18-28(22)42-32)19-27(26)34-31(35-30)41-21-24-6-5-15-36(24)2/h4,7-8,18,23-24,26-27,31,34H,1,5-6,9-13,15-17,19-21H2,2-3H3/t23?,24?,26?,27?,31?,32-/m1/s1. The van der Waals surface area contributed by atoms with Crippen molar-refractivity contribution in [2.75, 3.05) is 46.9 Å². The molecule has 1 aliphatic carbocycles. The Morgan fingerprint density at radius 3 is 2.93 bits per heavy atom. The van der Waals surface area contributed by atoms with Crippen LogP contribution in [0.1, 0.15) is 50.5 Å². The van der Waals surface area contributed by atoms with Crippen LogP contribution in [0.5, 0.6) is 5.75 Å². The van der Waals surface area contributed by atoms with Gasteiger partial charge in [-0.05, 0) is 82.3 Å². The molecule has 4 aliphatic heterocycles. The Labute approximate surface area is 254 Å². The van der Waals surface area contributed by atoms with Crippen LogP contribution in [-0.2, 0) is 16.0 Å². The minimum atomic E-state index is -0.395. The molecule has 3 fully saturated rings. The molecule has 1 N–H and O–H groups in total. The lowest BCUT2D eigenvalue weighted by atomic mass is 9.73. The maximum Gasteiger partial charge on any atom is 0.246 e. The molecular weight excluding hydrogens is 548 g/mol. The summed E-state index contributed by atoms with van der Waals surface area (Å²) in [6.45, 7) is 7.34. The molecule has 1 amide bonds. The highest BCUT2D eigenvalue weighted by atomic mass is 32.2. The molecule has 5 aliphatic rings. The predicted octanol–water partition coefficient (Wildman–Crippen LogP) is 3.65. The largest absolute Gasteiger partial charge is 0.497 e. The van der Waals surface area contributed by atoms with Crippen molar-refractivity contribution >= 4 is 23.5 Å². The van der Waals surface area contributed by atoms with Gasteiger partial charge in [-0.2, -0.15) is 5.26 Å². The topological polar surface area (TPSA) is 93.4 Å². The van der Waals surface area contributed by atoms with Gasteiger partial charge in [0.15, 0.2) is 0 Å². The summed E-state index contributed by atoms with van der Waals surface area (Å²) in [5, 5.41) is 13.4. The SMILES string of the molecule is C=CC(=O)N1CCN(C2=NC(OCC3CCCN3C)NC3C[C@@]4(CCc5ccc(OC)cc5S4)CCC23)CC1CC#N. The van der Waals surface area contributed by atoms with E-state index in [0.717, 1.165) is 50.2 Å². The van der Waals surface area contributed by atoms with Crippen LogP contribution in [0, 0.1) is 17.2 Å². The zero-order chi connectivity index (χ0) is 29.3. The number of hydrogen-bond acceptors (Lipinski definition) is 9. The Bertz CT molecular complexity index is 1250. The fraction of sp³-hybridized carbons (Fsp3) is 0.656. The van der Waals surface area contributed by atoms with Crippen LogP contribution in [0.2, 0.25) is 0 Å². The van der Waals surface area contributed by atoms with E-state index in [0.29, 0.717) is 38.7 Å². The number of ether oxygens (including phenoxy) is 2. The van der Waals surface area contributed by atoms with Crippen LogP contribution in [0.4, 0.5) is 0 Å². The van der Waals surface area contributed by atoms with E-state index in [-0.39, 0.29) is 28.7 Å². The number of carbonyl (C=O) groups is 1. The molecule has 0 radical (unpaired) electrons. The Morgan fingerprint density at radius 1 is 1.29 bits per heavy atom. The smallest absolute Gasteiger partial charge is 0.246 e. The minimum Gasteiger partial charge on any atom is -0.497 e. The number of nitrogens with zero attached hydrogens (tertiary/aromatic N) is 5. The quantitative estimate of drug-likeness (QED) is 0.501. The molecule has 6 rings (SSSR count). The number of amides is 1. The highest BCUT2D eigenvalue weighted by Gasteiger charge is 2.48. The monoisotopic (exact) mass is 592 g/mol. The second kappa shape index (κ2) is 12.6. The van der Waals surface area contributed by atoms with Gasteiger partial charge in [0.25, 0.3) is 0 Å². The molecule has 42 heavy (non-hydrogen) atoms. The molecule has 1 aromatic carbocycles. The van der Waals surface area contributed by atoms with Gasteiger partial charge >= 0.3 is 0 Å². The molecule has 1 saturated carbocycles. The summed E-state index contributed by atoms with van der Waals surface area (Å²) < 4.78 is 12.2. The fourth-order valence-corrected chi connectivity index (χ4v) is 9.29. The van der Waals surface area contributed by atoms with E-state index < -0.39 is 6.35 Å². The van der Waals surface area contributed by atoms with E-state index in [9.17, 15) is 10.1 Å². The third kappa shape index (κ3) is 5.94. The van der Waals surface area contributed by atoms with Crippen LogP contribution >= 0.6 is 11.8 Å². The maximum atomic E-state index is 12.6. The molecule has 0 aromatic heterocycles. The zero-order valence-corrected chi connectivity index (χ0v) is 25.8. The number of aryl methyl sites for hydroxylation is 1. The second-order valence-corrected chi connectivity index (χ2v) is 14.0. The molecular formula is C32H44N6O3S. The number of likely N-dealkylation sites (tertiary alicyclic amines) is 1. The number of nitrogens with one attached hydrogen (secondary N) is 1. The van der Waals surface area contributed by atoms with Crippen LogP contribution in [0.25, 0.3) is 0 Å². The molecule has 226 valence electrons. The lowest BCUT2D eigenvalue weighted by molar-refractivity contribution is -0.130. The third-order valence-electron chi connectivity index (χ3n) is 10.1. The minimum absolute atomic E-state index is 0.104. The number of piperazine rings is 1. The molecule has 6 atom stereocenters. The Hall–Kier alpha value is -2.58. The number of carbonyl (C=O) groups excluding carboxylic acids is 1. The van der Waals surface area contributed by atoms with E-state index in [4.69, 9.17) is 14.5 Å². The number of nitriles is 1. The molecule has 10 heteroatoms. The number of aliphatic imine (C=N–C) groups is 1. The summed E-state index contributed by atoms with van der Waals surface area (Å²) >= 11 is 2.04. The van der Waals surface area contributed by atoms with Crippen LogP contribution in [0.3, 0.4) is 0 Å². The fourth-order valence-electron chi connectivity index (χ4n) is 7.66. The second-order valence-electron chi connectivity index (χ2n) is 12.5. The summed E-state index contributed by atoms with van der Waals surface area (Å²) in [5.41, 5.74) is 1.42. The van der Waals surface area contributed by atoms with Crippen molar-refractivity contribution in [2.24, 2.45) is 10.9 Å². The van der Waals surface area contributed by atoms with Crippen molar-refractivity contribution < 1.29 is 14.3 Å². The highest BCUT2D eigenvalue weighted by Crippen LogP contribution is 2.53. The lowest BCUT2D eigenvalue weighted by Crippen LogP contribution is -2.63. The summed E-state index contributed by atoms with van der Waals surface area (Å²) in [4.78, 5) is 25.7. The number of amidine groups is 1. The normalized spacial score (nSPS) is 33.0. The predicted molar refractivity (Wildman–Crippen MR) is 164 cm³/mol. The average molecular weight is 593 g/mol. The van der Waals surface area contributed by atoms with Crippen LogP contribution < -0.4 is 10.1 Å². The number of thioether (sulfide) groups is 1. The Balaban J connectivity index is 1.23. The maximum absolute atomic E-state index is 12.6. The van der Waals surface area contributed by atoms with Crippen molar-refractivity contribution in [1.29, 1.82) is 5.26 Å². The Kier molecular flexibility index (Phi) is 8.83. The van der Waals surface area contributed by atoms with Gasteiger partial charge in [-0.1, -0.05) is 12.6 Å². The van der Waals surface area contributed by atoms with E-state index in [1.54, 1.807) is 12.0 Å². The van der Waals surface area contributed by atoms with Crippen molar-refractivity contribution in [3.05, 3.63) is 36.4 Å². The van der Waals surface area contributed by atoms with E-state index in [2.05, 4.69) is 53.0 Å². The first kappa shape index (κ1) is 29.5. The van der Waals surface area contributed by atoms with Crippen molar-refractivity contribution in [1.82, 2.24) is 20.0 Å². The van der Waals surface area contributed by atoms with Crippen LogP contribution in [-0.4, -0.2) is 103 Å². The third-order valence-corrected chi connectivity index (χ3v) is 11.7. The molecule has 5 unspecified atom stereocenters. The lowest BCUT2D eigenvalue weighted by Gasteiger charge is -2.51. The zero-order valence-electron chi connectivity index (χ0n) is 25.0. The molecule has 2 saturated heterocycles. The highest BCUT2D eigenvalue weighted by molar-refractivity contribution is 8.00. The van der Waals surface area contributed by atoms with Gasteiger partial charge < -0.3 is 24.2 Å². The van der Waals surface area contributed by atoms with E-state index >= 15 is 0 Å². The van der Waals surface area contributed by atoms with Gasteiger partial charge in [-0.25, -0.2) is 4.99 Å². The van der Waals surface area contributed by atoms with Crippen molar-refractivity contribution in [3.63, 3.8) is 0 Å². The van der Waals surface area contributed by atoms with Crippen molar-refractivity contribution in [3.8, 4) is 11.8 Å². The first-order valence-corrected chi connectivity index (χ1v) is 16.3. The van der Waals surface area contributed by atoms with Gasteiger partial charge in [-0.3, -0.25) is 10.1 Å². The first-order valence-electron chi connectivity index (χ1n) is 15.5. The summed E-state index contributed by atoms with van der Waals surface area (Å²) in [5.74, 6) is 2.19. The molecule has 9 nitrogen and oxygen atoms in total. The van der Waals surface area contributed by atoms with Gasteiger partial charge in [-0.15, -0.1) is 11.8 Å². The van der Waals surface area contributed by atoms with Gasteiger partial charge in [0.2, 0.25) is 12.3 Å². The summed E-state index contributed by atoms with van der Waals surface area (Å²) in [7, 11) is 3.91. The van der Waals surface area contributed by atoms with Gasteiger partial charge in [0, 0.05) is 47.3 Å². The first-order chi connectivity index (χ1) is 20.4. The van der Waals surface area contributed by atoms with E-state index in [1.165, 1.54) is 29.4 Å². The van der Waals surface area contributed by atoms with E-state index in [1.807, 2.05) is 11.8 Å². The summed E-state index contributed by atoms with van der Waals surface area (Å²) in [6, 6.07) is 9.30. The number of hydrogen-bond donors (Lipinski definition) is 1. The number of methoxy groups -OCH3 is 1. The van der Waals surface area contributed by atoms with Crippen LogP contribution in [0.15, 0.2) is 40.7 Å². The number of rotatable bonds is 6. The number of benzene rings is 1. The van der Waals surface area contributed by atoms with Gasteiger partial charge in [0.05, 0.1) is 32.2 Å². The summed E-state index contributed by atoms with van der Waals surface area (Å²) in [6.07, 6.45) is 9.12. The molecule has 4 heterocycles.